The fourth-order valence-corrected chi connectivity index (χ4v) is 0.909. The van der Waals surface area contributed by atoms with Gasteiger partial charge in [-0.1, -0.05) is 0 Å². The van der Waals surface area contributed by atoms with Gasteiger partial charge in [-0.05, 0) is 0 Å². The Morgan fingerprint density at radius 1 is 1.08 bits per heavy atom. The van der Waals surface area contributed by atoms with Gasteiger partial charge in [0.25, 0.3) is 0 Å². The van der Waals surface area contributed by atoms with Crippen molar-refractivity contribution in [3.63, 3.8) is 0 Å². The van der Waals surface area contributed by atoms with Crippen molar-refractivity contribution in [1.29, 1.82) is 0 Å². The average molecular weight is 178 g/mol. The van der Waals surface area contributed by atoms with Gasteiger partial charge < -0.3 is 30.3 Å². The first-order chi connectivity index (χ1) is 5.57. The van der Waals surface area contributed by atoms with Crippen LogP contribution >= 0.6 is 0 Å². The summed E-state index contributed by atoms with van der Waals surface area (Å²) < 4.78 is 4.44. The second-order valence-electron chi connectivity index (χ2n) is 2.47. The summed E-state index contributed by atoms with van der Waals surface area (Å²) in [5, 5.41) is 44.3. The van der Waals surface area contributed by atoms with E-state index < -0.39 is 24.6 Å². The van der Waals surface area contributed by atoms with Crippen molar-refractivity contribution in [2.45, 2.75) is 24.6 Å². The number of ether oxygens (including phenoxy) is 1. The largest absolute Gasteiger partial charge is 0.512 e. The standard InChI is InChI=1S/C6H10O6/c7-1-2-3(8)4(9)5(10)6(11)12-2/h1,3-11H/t3-,4+,5-,6?/m1/s1. The molecule has 0 spiro atoms. The molecule has 1 rings (SSSR count). The molecule has 6 heteroatoms. The molecule has 1 saturated heterocycles. The Morgan fingerprint density at radius 2 is 1.67 bits per heavy atom. The zero-order valence-electron chi connectivity index (χ0n) is 6.03. The van der Waals surface area contributed by atoms with Gasteiger partial charge in [-0.2, -0.15) is 0 Å². The normalized spacial score (nSPS) is 45.8. The van der Waals surface area contributed by atoms with Gasteiger partial charge in [-0.25, -0.2) is 0 Å². The lowest BCUT2D eigenvalue weighted by Crippen LogP contribution is -2.51. The summed E-state index contributed by atoms with van der Waals surface area (Å²) in [6.07, 6.45) is -5.88. The first-order valence-corrected chi connectivity index (χ1v) is 3.31. The minimum Gasteiger partial charge on any atom is -0.512 e. The van der Waals surface area contributed by atoms with Gasteiger partial charge in [-0.3, -0.25) is 0 Å². The molecule has 0 radical (unpaired) electrons. The number of aliphatic hydroxyl groups is 5. The summed E-state index contributed by atoms with van der Waals surface area (Å²) in [5.74, 6) is -0.375. The molecule has 1 aliphatic heterocycles. The maximum atomic E-state index is 9.05. The third kappa shape index (κ3) is 1.37. The molecule has 6 nitrogen and oxygen atoms in total. The molecular formula is C6H10O6. The van der Waals surface area contributed by atoms with Crippen molar-refractivity contribution in [3.8, 4) is 0 Å². The Morgan fingerprint density at radius 3 is 2.17 bits per heavy atom. The molecule has 0 bridgehead atoms. The fourth-order valence-electron chi connectivity index (χ4n) is 0.909. The van der Waals surface area contributed by atoms with Crippen LogP contribution in [0.3, 0.4) is 0 Å². The molecule has 1 aliphatic rings. The Labute approximate surface area is 68.0 Å². The Bertz CT molecular complexity index is 190. The van der Waals surface area contributed by atoms with E-state index in [0.29, 0.717) is 6.26 Å². The molecule has 4 atom stereocenters. The monoisotopic (exact) mass is 178 g/mol. The maximum absolute atomic E-state index is 9.05. The predicted molar refractivity (Wildman–Crippen MR) is 35.8 cm³/mol. The highest BCUT2D eigenvalue weighted by Crippen LogP contribution is 2.21. The van der Waals surface area contributed by atoms with E-state index in [0.717, 1.165) is 0 Å². The van der Waals surface area contributed by atoms with Crippen LogP contribution in [0.15, 0.2) is 12.0 Å². The Kier molecular flexibility index (Phi) is 2.53. The van der Waals surface area contributed by atoms with Crippen LogP contribution < -0.4 is 0 Å². The highest BCUT2D eigenvalue weighted by Gasteiger charge is 2.40. The first kappa shape index (κ1) is 9.27. The lowest BCUT2D eigenvalue weighted by Gasteiger charge is -2.33. The zero-order chi connectivity index (χ0) is 9.30. The van der Waals surface area contributed by atoms with E-state index in [1.165, 1.54) is 0 Å². The molecule has 12 heavy (non-hydrogen) atoms. The second kappa shape index (κ2) is 3.28. The van der Waals surface area contributed by atoms with Crippen LogP contribution in [0.1, 0.15) is 0 Å². The Balaban J connectivity index is 2.77. The van der Waals surface area contributed by atoms with Crippen LogP contribution in [-0.2, 0) is 4.74 Å². The van der Waals surface area contributed by atoms with Crippen molar-refractivity contribution in [1.82, 2.24) is 0 Å². The third-order valence-electron chi connectivity index (χ3n) is 1.64. The van der Waals surface area contributed by atoms with Gasteiger partial charge in [0.1, 0.15) is 24.6 Å². The van der Waals surface area contributed by atoms with E-state index in [-0.39, 0.29) is 5.76 Å². The van der Waals surface area contributed by atoms with Crippen molar-refractivity contribution < 1.29 is 30.3 Å². The first-order valence-electron chi connectivity index (χ1n) is 3.31. The number of rotatable bonds is 0. The maximum Gasteiger partial charge on any atom is 0.226 e. The third-order valence-corrected chi connectivity index (χ3v) is 1.64. The molecular weight excluding hydrogens is 168 g/mol. The minimum atomic E-state index is -1.64. The lowest BCUT2D eigenvalue weighted by atomic mass is 10.0. The lowest BCUT2D eigenvalue weighted by molar-refractivity contribution is -0.225. The summed E-state index contributed by atoms with van der Waals surface area (Å²) >= 11 is 0. The highest BCUT2D eigenvalue weighted by atomic mass is 16.6. The van der Waals surface area contributed by atoms with Crippen LogP contribution in [0, 0.1) is 0 Å². The minimum absolute atomic E-state index is 0.375. The quantitative estimate of drug-likeness (QED) is 0.270. The molecule has 0 aliphatic carbocycles. The van der Waals surface area contributed by atoms with Gasteiger partial charge >= 0.3 is 0 Å². The van der Waals surface area contributed by atoms with Crippen molar-refractivity contribution in [3.05, 3.63) is 12.0 Å². The average Bonchev–Trinajstić information content (AvgIpc) is 2.08. The predicted octanol–water partition coefficient (Wildman–Crippen LogP) is -2.18. The van der Waals surface area contributed by atoms with Gasteiger partial charge in [0.15, 0.2) is 5.76 Å². The van der Waals surface area contributed by atoms with Crippen LogP contribution in [0.25, 0.3) is 0 Å². The van der Waals surface area contributed by atoms with E-state index >= 15 is 0 Å². The summed E-state index contributed by atoms with van der Waals surface area (Å²) in [5.41, 5.74) is 0. The summed E-state index contributed by atoms with van der Waals surface area (Å²) in [7, 11) is 0. The van der Waals surface area contributed by atoms with E-state index in [2.05, 4.69) is 4.74 Å². The second-order valence-corrected chi connectivity index (χ2v) is 2.47. The molecule has 70 valence electrons. The van der Waals surface area contributed by atoms with Gasteiger partial charge in [0.2, 0.25) is 6.29 Å². The van der Waals surface area contributed by atoms with E-state index in [9.17, 15) is 0 Å². The van der Waals surface area contributed by atoms with Crippen molar-refractivity contribution >= 4 is 0 Å². The molecule has 1 heterocycles. The number of hydrogen-bond donors (Lipinski definition) is 5. The van der Waals surface area contributed by atoms with Crippen molar-refractivity contribution in [2.24, 2.45) is 0 Å². The topological polar surface area (TPSA) is 110 Å². The molecule has 0 saturated carbocycles. The molecule has 0 aromatic carbocycles. The molecule has 1 unspecified atom stereocenters. The Hall–Kier alpha value is -0.820. The number of aliphatic hydroxyl groups excluding tert-OH is 5. The van der Waals surface area contributed by atoms with E-state index in [1.807, 2.05) is 0 Å². The van der Waals surface area contributed by atoms with E-state index in [1.54, 1.807) is 0 Å². The van der Waals surface area contributed by atoms with E-state index in [4.69, 9.17) is 25.5 Å². The SMILES string of the molecule is OC=C1OC(O)[C@H](O)[C@@H](O)[C@@H]1O. The van der Waals surface area contributed by atoms with Gasteiger partial charge in [0, 0.05) is 0 Å². The van der Waals surface area contributed by atoms with Crippen LogP contribution in [0.2, 0.25) is 0 Å². The highest BCUT2D eigenvalue weighted by molar-refractivity contribution is 5.04. The molecule has 5 N–H and O–H groups in total. The molecule has 0 amide bonds. The van der Waals surface area contributed by atoms with Crippen LogP contribution in [0.4, 0.5) is 0 Å². The summed E-state index contributed by atoms with van der Waals surface area (Å²) in [6, 6.07) is 0. The molecule has 1 fully saturated rings. The zero-order valence-corrected chi connectivity index (χ0v) is 6.03. The van der Waals surface area contributed by atoms with Crippen molar-refractivity contribution in [2.75, 3.05) is 0 Å². The molecule has 0 aromatic heterocycles. The molecule has 0 aromatic rings. The smallest absolute Gasteiger partial charge is 0.226 e. The van der Waals surface area contributed by atoms with Crippen LogP contribution in [0.5, 0.6) is 0 Å². The fraction of sp³-hybridized carbons (Fsp3) is 0.667. The van der Waals surface area contributed by atoms with Gasteiger partial charge in [-0.15, -0.1) is 0 Å². The van der Waals surface area contributed by atoms with Gasteiger partial charge in [0.05, 0.1) is 0 Å². The van der Waals surface area contributed by atoms with Crippen LogP contribution in [-0.4, -0.2) is 50.1 Å². The number of hydrogen-bond acceptors (Lipinski definition) is 6. The summed E-state index contributed by atoms with van der Waals surface area (Å²) in [6.45, 7) is 0. The summed E-state index contributed by atoms with van der Waals surface area (Å²) in [4.78, 5) is 0.